The number of hydrogen-bond donors (Lipinski definition) is 1. The Hall–Kier alpha value is -3.13. The van der Waals surface area contributed by atoms with Crippen LogP contribution < -0.4 is 5.32 Å². The van der Waals surface area contributed by atoms with E-state index in [1.165, 1.54) is 0 Å². The molecule has 3 rings (SSSR count). The number of nitriles is 1. The van der Waals surface area contributed by atoms with Gasteiger partial charge in [0.1, 0.15) is 11.9 Å². The lowest BCUT2D eigenvalue weighted by atomic mass is 10.2. The molecule has 5 heteroatoms. The summed E-state index contributed by atoms with van der Waals surface area (Å²) in [6, 6.07) is 16.6. The third-order valence-corrected chi connectivity index (χ3v) is 2.93. The normalized spacial score (nSPS) is 10.2. The molecule has 0 saturated heterocycles. The molecule has 0 aliphatic heterocycles. The zero-order valence-electron chi connectivity index (χ0n) is 11.0. The van der Waals surface area contributed by atoms with Crippen molar-refractivity contribution in [3.05, 3.63) is 48.5 Å². The van der Waals surface area contributed by atoms with Crippen molar-refractivity contribution in [3.8, 4) is 17.5 Å². The van der Waals surface area contributed by atoms with E-state index in [-0.39, 0.29) is 12.3 Å². The standard InChI is InChI=1S/C16H11N3O2/c17-9-8-15(20)18-12-6-7-14-13(10-12)19-16(21-14)11-4-2-1-3-5-11/h1-7,10H,8H2,(H,18,20). The SMILES string of the molecule is N#CCC(=O)Nc1ccc2oc(-c3ccccc3)nc2c1. The van der Waals surface area contributed by atoms with Gasteiger partial charge in [0.05, 0.1) is 6.07 Å². The van der Waals surface area contributed by atoms with Gasteiger partial charge in [-0.2, -0.15) is 5.26 Å². The van der Waals surface area contributed by atoms with Gasteiger partial charge in [0, 0.05) is 11.3 Å². The summed E-state index contributed by atoms with van der Waals surface area (Å²) in [6.07, 6.45) is -0.174. The molecule has 1 heterocycles. The molecule has 3 aromatic rings. The van der Waals surface area contributed by atoms with Gasteiger partial charge in [-0.25, -0.2) is 4.98 Å². The Kier molecular flexibility index (Phi) is 3.36. The number of benzene rings is 2. The summed E-state index contributed by atoms with van der Waals surface area (Å²) in [5, 5.41) is 11.1. The number of carbonyl (C=O) groups excluding carboxylic acids is 1. The summed E-state index contributed by atoms with van der Waals surface area (Å²) in [5.41, 5.74) is 2.79. The van der Waals surface area contributed by atoms with E-state index in [1.54, 1.807) is 24.3 Å². The van der Waals surface area contributed by atoms with Crippen LogP contribution in [-0.4, -0.2) is 10.9 Å². The highest BCUT2D eigenvalue weighted by atomic mass is 16.3. The summed E-state index contributed by atoms with van der Waals surface area (Å²) in [4.78, 5) is 15.8. The molecule has 1 N–H and O–H groups in total. The van der Waals surface area contributed by atoms with Gasteiger partial charge >= 0.3 is 0 Å². The lowest BCUT2D eigenvalue weighted by Crippen LogP contribution is -2.09. The van der Waals surface area contributed by atoms with E-state index in [1.807, 2.05) is 30.3 Å². The zero-order chi connectivity index (χ0) is 14.7. The van der Waals surface area contributed by atoms with Crippen LogP contribution in [-0.2, 0) is 4.79 Å². The van der Waals surface area contributed by atoms with Gasteiger partial charge in [0.2, 0.25) is 11.8 Å². The van der Waals surface area contributed by atoms with E-state index in [9.17, 15) is 4.79 Å². The first kappa shape index (κ1) is 12.9. The number of fused-ring (bicyclic) bond motifs is 1. The summed E-state index contributed by atoms with van der Waals surface area (Å²) >= 11 is 0. The van der Waals surface area contributed by atoms with Crippen LogP contribution >= 0.6 is 0 Å². The van der Waals surface area contributed by atoms with Crippen LogP contribution in [0.3, 0.4) is 0 Å². The molecule has 5 nitrogen and oxygen atoms in total. The van der Waals surface area contributed by atoms with Crippen molar-refractivity contribution < 1.29 is 9.21 Å². The summed E-state index contributed by atoms with van der Waals surface area (Å²) < 4.78 is 5.69. The van der Waals surface area contributed by atoms with Crippen molar-refractivity contribution in [2.24, 2.45) is 0 Å². The number of aromatic nitrogens is 1. The van der Waals surface area contributed by atoms with Gasteiger partial charge in [-0.1, -0.05) is 18.2 Å². The second-order valence-electron chi connectivity index (χ2n) is 4.45. The van der Waals surface area contributed by atoms with Crippen molar-refractivity contribution in [1.29, 1.82) is 5.26 Å². The maximum atomic E-state index is 11.4. The summed E-state index contributed by atoms with van der Waals surface area (Å²) in [7, 11) is 0. The van der Waals surface area contributed by atoms with E-state index in [0.717, 1.165) is 5.56 Å². The molecule has 21 heavy (non-hydrogen) atoms. The highest BCUT2D eigenvalue weighted by Crippen LogP contribution is 2.26. The maximum Gasteiger partial charge on any atom is 0.238 e. The largest absolute Gasteiger partial charge is 0.436 e. The molecule has 1 aromatic heterocycles. The molecule has 0 unspecified atom stereocenters. The molecule has 2 aromatic carbocycles. The molecule has 102 valence electrons. The molecule has 0 spiro atoms. The summed E-state index contributed by atoms with van der Waals surface area (Å²) in [5.74, 6) is 0.190. The van der Waals surface area contributed by atoms with Crippen LogP contribution in [0.5, 0.6) is 0 Å². The fourth-order valence-electron chi connectivity index (χ4n) is 1.99. The van der Waals surface area contributed by atoms with Gasteiger partial charge in [0.25, 0.3) is 0 Å². The molecule has 0 aliphatic rings. The predicted molar refractivity (Wildman–Crippen MR) is 78.3 cm³/mol. The molecule has 1 amide bonds. The monoisotopic (exact) mass is 277 g/mol. The highest BCUT2D eigenvalue weighted by molar-refractivity contribution is 5.94. The lowest BCUT2D eigenvalue weighted by Gasteiger charge is -2.00. The Bertz CT molecular complexity index is 832. The maximum absolute atomic E-state index is 11.4. The molecule has 0 fully saturated rings. The number of nitrogens with one attached hydrogen (secondary N) is 1. The molecule has 0 saturated carbocycles. The van der Waals surface area contributed by atoms with Crippen molar-refractivity contribution in [1.82, 2.24) is 4.98 Å². The van der Waals surface area contributed by atoms with Crippen LogP contribution in [0.2, 0.25) is 0 Å². The molecule has 0 atom stereocenters. The third kappa shape index (κ3) is 2.74. The molecular formula is C16H11N3O2. The van der Waals surface area contributed by atoms with Crippen molar-refractivity contribution in [3.63, 3.8) is 0 Å². The van der Waals surface area contributed by atoms with Crippen LogP contribution in [0.4, 0.5) is 5.69 Å². The average molecular weight is 277 g/mol. The number of amides is 1. The molecule has 0 aliphatic carbocycles. The number of nitrogens with zero attached hydrogens (tertiary/aromatic N) is 2. The molecule has 0 radical (unpaired) electrons. The first-order valence-corrected chi connectivity index (χ1v) is 6.39. The topological polar surface area (TPSA) is 78.9 Å². The quantitative estimate of drug-likeness (QED) is 0.796. The zero-order valence-corrected chi connectivity index (χ0v) is 11.0. The minimum atomic E-state index is -0.344. The Labute approximate surface area is 120 Å². The van der Waals surface area contributed by atoms with E-state index in [0.29, 0.717) is 22.7 Å². The molecule has 0 bridgehead atoms. The van der Waals surface area contributed by atoms with Gasteiger partial charge in [-0.15, -0.1) is 0 Å². The number of rotatable bonds is 3. The van der Waals surface area contributed by atoms with Crippen LogP contribution in [0.15, 0.2) is 52.9 Å². The van der Waals surface area contributed by atoms with Crippen LogP contribution in [0.25, 0.3) is 22.6 Å². The first-order chi connectivity index (χ1) is 10.3. The van der Waals surface area contributed by atoms with Crippen molar-refractivity contribution in [2.75, 3.05) is 5.32 Å². The van der Waals surface area contributed by atoms with Crippen molar-refractivity contribution >= 4 is 22.7 Å². The van der Waals surface area contributed by atoms with Crippen LogP contribution in [0.1, 0.15) is 6.42 Å². The Balaban J connectivity index is 1.92. The predicted octanol–water partition coefficient (Wildman–Crippen LogP) is 3.35. The highest BCUT2D eigenvalue weighted by Gasteiger charge is 2.09. The smallest absolute Gasteiger partial charge is 0.238 e. The van der Waals surface area contributed by atoms with Gasteiger partial charge in [-0.3, -0.25) is 4.79 Å². The van der Waals surface area contributed by atoms with Gasteiger partial charge in [-0.05, 0) is 30.3 Å². The second-order valence-corrected chi connectivity index (χ2v) is 4.45. The fourth-order valence-corrected chi connectivity index (χ4v) is 1.99. The second kappa shape index (κ2) is 5.47. The Morgan fingerprint density at radius 3 is 2.81 bits per heavy atom. The third-order valence-electron chi connectivity index (χ3n) is 2.93. The minimum absolute atomic E-state index is 0.174. The number of anilines is 1. The minimum Gasteiger partial charge on any atom is -0.436 e. The Morgan fingerprint density at radius 2 is 2.05 bits per heavy atom. The van der Waals surface area contributed by atoms with E-state index in [2.05, 4.69) is 10.3 Å². The van der Waals surface area contributed by atoms with E-state index in [4.69, 9.17) is 9.68 Å². The van der Waals surface area contributed by atoms with Crippen molar-refractivity contribution in [2.45, 2.75) is 6.42 Å². The molecular weight excluding hydrogens is 266 g/mol. The van der Waals surface area contributed by atoms with Crippen LogP contribution in [0, 0.1) is 11.3 Å². The number of hydrogen-bond acceptors (Lipinski definition) is 4. The van der Waals surface area contributed by atoms with Gasteiger partial charge in [0.15, 0.2) is 5.58 Å². The Morgan fingerprint density at radius 1 is 1.24 bits per heavy atom. The lowest BCUT2D eigenvalue weighted by molar-refractivity contribution is -0.115. The van der Waals surface area contributed by atoms with Gasteiger partial charge < -0.3 is 9.73 Å². The van der Waals surface area contributed by atoms with E-state index < -0.39 is 0 Å². The number of oxazole rings is 1. The van der Waals surface area contributed by atoms with E-state index >= 15 is 0 Å². The first-order valence-electron chi connectivity index (χ1n) is 6.39. The fraction of sp³-hybridized carbons (Fsp3) is 0.0625. The summed E-state index contributed by atoms with van der Waals surface area (Å²) in [6.45, 7) is 0. The average Bonchev–Trinajstić information content (AvgIpc) is 2.91. The number of carbonyl (C=O) groups is 1.